The van der Waals surface area contributed by atoms with Crippen LogP contribution in [-0.2, 0) is 11.2 Å². The molecule has 2 amide bonds. The molecule has 1 saturated heterocycles. The van der Waals surface area contributed by atoms with Gasteiger partial charge in [-0.25, -0.2) is 0 Å². The molecule has 0 saturated carbocycles. The predicted octanol–water partition coefficient (Wildman–Crippen LogP) is 3.21. The maximum Gasteiger partial charge on any atom is 0.270 e. The molecule has 6 heteroatoms. The molecule has 1 atom stereocenters. The van der Waals surface area contributed by atoms with Crippen molar-refractivity contribution < 1.29 is 14.0 Å². The van der Waals surface area contributed by atoms with E-state index in [4.69, 9.17) is 4.42 Å². The van der Waals surface area contributed by atoms with E-state index in [1.807, 2.05) is 43.9 Å². The zero-order chi connectivity index (χ0) is 19.4. The molecule has 3 heterocycles. The van der Waals surface area contributed by atoms with E-state index >= 15 is 0 Å². The molecule has 0 aromatic carbocycles. The van der Waals surface area contributed by atoms with Gasteiger partial charge in [0.1, 0.15) is 11.5 Å². The summed E-state index contributed by atoms with van der Waals surface area (Å²) < 4.78 is 5.32. The van der Waals surface area contributed by atoms with Gasteiger partial charge in [-0.2, -0.15) is 0 Å². The average molecular weight is 371 g/mol. The molecule has 0 radical (unpaired) electrons. The van der Waals surface area contributed by atoms with Crippen molar-refractivity contribution in [2.75, 3.05) is 13.1 Å². The van der Waals surface area contributed by atoms with Crippen molar-refractivity contribution in [1.82, 2.24) is 15.2 Å². The number of nitrogens with zero attached hydrogens (tertiary/aromatic N) is 1. The van der Waals surface area contributed by atoms with Crippen LogP contribution in [0, 0.1) is 19.8 Å². The quantitative estimate of drug-likeness (QED) is 0.818. The van der Waals surface area contributed by atoms with Gasteiger partial charge in [0, 0.05) is 37.7 Å². The summed E-state index contributed by atoms with van der Waals surface area (Å²) in [4.78, 5) is 30.0. The molecule has 1 aliphatic rings. The molecule has 0 bridgehead atoms. The summed E-state index contributed by atoms with van der Waals surface area (Å²) in [5, 5.41) is 3.05. The number of aromatic amines is 1. The van der Waals surface area contributed by atoms with E-state index in [1.54, 1.807) is 6.26 Å². The number of aryl methyl sites for hydroxylation is 2. The van der Waals surface area contributed by atoms with Crippen LogP contribution in [0.3, 0.4) is 0 Å². The SMILES string of the molecule is Cc1cc(C)c(C(=O)N2CCC(CC(=O)NC(C)Cc3ccco3)CC2)[nH]1. The molecule has 1 fully saturated rings. The Morgan fingerprint density at radius 2 is 2.07 bits per heavy atom. The summed E-state index contributed by atoms with van der Waals surface area (Å²) in [6, 6.07) is 5.82. The topological polar surface area (TPSA) is 78.3 Å². The van der Waals surface area contributed by atoms with Crippen molar-refractivity contribution in [2.24, 2.45) is 5.92 Å². The Hall–Kier alpha value is -2.50. The first-order chi connectivity index (χ1) is 12.9. The van der Waals surface area contributed by atoms with Crippen molar-refractivity contribution in [3.05, 3.63) is 47.2 Å². The van der Waals surface area contributed by atoms with Crippen LogP contribution in [0.15, 0.2) is 28.9 Å². The van der Waals surface area contributed by atoms with Gasteiger partial charge in [0.15, 0.2) is 0 Å². The number of piperidine rings is 1. The number of carbonyl (C=O) groups is 2. The lowest BCUT2D eigenvalue weighted by Gasteiger charge is -2.32. The van der Waals surface area contributed by atoms with Crippen molar-refractivity contribution in [3.8, 4) is 0 Å². The second kappa shape index (κ2) is 8.46. The number of aromatic nitrogens is 1. The van der Waals surface area contributed by atoms with Gasteiger partial charge in [-0.05, 0) is 63.3 Å². The summed E-state index contributed by atoms with van der Waals surface area (Å²) in [6.45, 7) is 7.31. The summed E-state index contributed by atoms with van der Waals surface area (Å²) >= 11 is 0. The van der Waals surface area contributed by atoms with Gasteiger partial charge in [-0.15, -0.1) is 0 Å². The lowest BCUT2D eigenvalue weighted by Crippen LogP contribution is -2.41. The molecular formula is C21H29N3O3. The zero-order valence-electron chi connectivity index (χ0n) is 16.4. The predicted molar refractivity (Wildman–Crippen MR) is 104 cm³/mol. The Morgan fingerprint density at radius 1 is 1.33 bits per heavy atom. The zero-order valence-corrected chi connectivity index (χ0v) is 16.4. The van der Waals surface area contributed by atoms with Gasteiger partial charge in [0.25, 0.3) is 5.91 Å². The molecule has 3 rings (SSSR count). The summed E-state index contributed by atoms with van der Waals surface area (Å²) in [5.41, 5.74) is 2.69. The van der Waals surface area contributed by atoms with Gasteiger partial charge in [-0.1, -0.05) is 0 Å². The molecule has 2 aromatic heterocycles. The van der Waals surface area contributed by atoms with Gasteiger partial charge < -0.3 is 19.6 Å². The monoisotopic (exact) mass is 371 g/mol. The lowest BCUT2D eigenvalue weighted by atomic mass is 9.92. The molecule has 1 aliphatic heterocycles. The van der Waals surface area contributed by atoms with E-state index in [1.165, 1.54) is 0 Å². The van der Waals surface area contributed by atoms with Crippen LogP contribution in [0.1, 0.15) is 53.7 Å². The molecule has 2 aromatic rings. The Labute approximate surface area is 160 Å². The second-order valence-electron chi connectivity index (χ2n) is 7.70. The largest absolute Gasteiger partial charge is 0.469 e. The number of nitrogens with one attached hydrogen (secondary N) is 2. The van der Waals surface area contributed by atoms with E-state index in [2.05, 4.69) is 10.3 Å². The molecule has 0 aliphatic carbocycles. The van der Waals surface area contributed by atoms with Crippen molar-refractivity contribution >= 4 is 11.8 Å². The Bertz CT molecular complexity index is 771. The number of carbonyl (C=O) groups excluding carboxylic acids is 2. The highest BCUT2D eigenvalue weighted by atomic mass is 16.3. The van der Waals surface area contributed by atoms with Crippen molar-refractivity contribution in [1.29, 1.82) is 0 Å². The van der Waals surface area contributed by atoms with Crippen LogP contribution >= 0.6 is 0 Å². The highest BCUT2D eigenvalue weighted by Crippen LogP contribution is 2.23. The molecule has 2 N–H and O–H groups in total. The fraction of sp³-hybridized carbons (Fsp3) is 0.524. The Balaban J connectivity index is 1.43. The van der Waals surface area contributed by atoms with Gasteiger partial charge in [-0.3, -0.25) is 9.59 Å². The second-order valence-corrected chi connectivity index (χ2v) is 7.70. The number of likely N-dealkylation sites (tertiary alicyclic amines) is 1. The van der Waals surface area contributed by atoms with Gasteiger partial charge in [0.2, 0.25) is 5.91 Å². The third-order valence-electron chi connectivity index (χ3n) is 5.23. The number of hydrogen-bond donors (Lipinski definition) is 2. The van der Waals surface area contributed by atoms with Crippen LogP contribution in [0.2, 0.25) is 0 Å². The first kappa shape index (κ1) is 19.3. The first-order valence-electron chi connectivity index (χ1n) is 9.69. The lowest BCUT2D eigenvalue weighted by molar-refractivity contribution is -0.122. The van der Waals surface area contributed by atoms with Crippen molar-refractivity contribution in [2.45, 2.75) is 52.5 Å². The standard InChI is InChI=1S/C21H29N3O3/c1-14-11-15(2)23-20(14)21(26)24-8-6-17(7-9-24)13-19(25)22-16(3)12-18-5-4-10-27-18/h4-5,10-11,16-17,23H,6-9,12-13H2,1-3H3,(H,22,25). The minimum atomic E-state index is 0.0457. The maximum atomic E-state index is 12.7. The minimum absolute atomic E-state index is 0.0457. The normalized spacial score (nSPS) is 16.3. The molecule has 146 valence electrons. The third-order valence-corrected chi connectivity index (χ3v) is 5.23. The summed E-state index contributed by atoms with van der Waals surface area (Å²) in [7, 11) is 0. The number of rotatable bonds is 6. The van der Waals surface area contributed by atoms with Crippen LogP contribution in [0.25, 0.3) is 0 Å². The maximum absolute atomic E-state index is 12.7. The fourth-order valence-corrected chi connectivity index (χ4v) is 3.83. The average Bonchev–Trinajstić information content (AvgIpc) is 3.23. The van der Waals surface area contributed by atoms with Gasteiger partial charge >= 0.3 is 0 Å². The summed E-state index contributed by atoms with van der Waals surface area (Å²) in [5.74, 6) is 1.35. The Kier molecular flexibility index (Phi) is 6.04. The Morgan fingerprint density at radius 3 is 2.67 bits per heavy atom. The molecule has 27 heavy (non-hydrogen) atoms. The van der Waals surface area contributed by atoms with Crippen molar-refractivity contribution in [3.63, 3.8) is 0 Å². The number of hydrogen-bond acceptors (Lipinski definition) is 3. The molecule has 0 spiro atoms. The van der Waals surface area contributed by atoms with Crippen LogP contribution < -0.4 is 5.32 Å². The molecule has 6 nitrogen and oxygen atoms in total. The molecular weight excluding hydrogens is 342 g/mol. The highest BCUT2D eigenvalue weighted by molar-refractivity contribution is 5.94. The van der Waals surface area contributed by atoms with E-state index in [9.17, 15) is 9.59 Å². The number of furan rings is 1. The van der Waals surface area contributed by atoms with Crippen LogP contribution in [0.4, 0.5) is 0 Å². The van der Waals surface area contributed by atoms with Crippen LogP contribution in [0.5, 0.6) is 0 Å². The number of amides is 2. The summed E-state index contributed by atoms with van der Waals surface area (Å²) in [6.07, 6.45) is 4.59. The van der Waals surface area contributed by atoms with Gasteiger partial charge in [0.05, 0.1) is 6.26 Å². The fourth-order valence-electron chi connectivity index (χ4n) is 3.83. The third kappa shape index (κ3) is 5.02. The van der Waals surface area contributed by atoms with E-state index in [0.29, 0.717) is 37.5 Å². The molecule has 1 unspecified atom stereocenters. The van der Waals surface area contributed by atoms with E-state index < -0.39 is 0 Å². The van der Waals surface area contributed by atoms with E-state index in [-0.39, 0.29) is 17.9 Å². The van der Waals surface area contributed by atoms with E-state index in [0.717, 1.165) is 29.9 Å². The minimum Gasteiger partial charge on any atom is -0.469 e. The van der Waals surface area contributed by atoms with Crippen LogP contribution in [-0.4, -0.2) is 40.8 Å². The highest BCUT2D eigenvalue weighted by Gasteiger charge is 2.26. The first-order valence-corrected chi connectivity index (χ1v) is 9.69. The smallest absolute Gasteiger partial charge is 0.270 e. The number of H-pyrrole nitrogens is 1.